The number of piperidine rings is 1. The quantitative estimate of drug-likeness (QED) is 0.733. The van der Waals surface area contributed by atoms with Crippen molar-refractivity contribution in [2.75, 3.05) is 27.2 Å². The van der Waals surface area contributed by atoms with Crippen molar-refractivity contribution in [3.8, 4) is 11.5 Å². The number of hydrogen-bond donors (Lipinski definition) is 0. The smallest absolute Gasteiger partial charge is 0.166 e. The Morgan fingerprint density at radius 2 is 1.86 bits per heavy atom. The Morgan fingerprint density at radius 1 is 1.14 bits per heavy atom. The van der Waals surface area contributed by atoms with E-state index in [-0.39, 0.29) is 43.5 Å². The number of Topliss-reactive ketones (excluding diaryl/α,β-unsaturated/α-hetero) is 1. The summed E-state index contributed by atoms with van der Waals surface area (Å²) in [5.74, 6) is -4.45. The lowest BCUT2D eigenvalue weighted by Gasteiger charge is -2.32. The molecule has 28 heavy (non-hydrogen) atoms. The molecule has 1 atom stereocenters. The van der Waals surface area contributed by atoms with Gasteiger partial charge in [0.25, 0.3) is 0 Å². The highest BCUT2D eigenvalue weighted by molar-refractivity contribution is 6.02. The van der Waals surface area contributed by atoms with Gasteiger partial charge in [0.2, 0.25) is 0 Å². The second kappa shape index (κ2) is 8.36. The van der Waals surface area contributed by atoms with E-state index in [1.165, 1.54) is 0 Å². The van der Waals surface area contributed by atoms with Crippen LogP contribution in [0.5, 0.6) is 11.5 Å². The Hall–Kier alpha value is -2.33. The largest absolute Gasteiger partial charge is 0.493 e. The van der Waals surface area contributed by atoms with Gasteiger partial charge in [-0.25, -0.2) is 0 Å². The molecule has 0 amide bonds. The van der Waals surface area contributed by atoms with E-state index in [9.17, 15) is 4.79 Å². The van der Waals surface area contributed by atoms with Gasteiger partial charge in [-0.1, -0.05) is 30.3 Å². The van der Waals surface area contributed by atoms with Crippen molar-refractivity contribution in [3.63, 3.8) is 0 Å². The molecule has 1 aliphatic carbocycles. The number of carbonyl (C=O) groups excluding carboxylic acids is 1. The number of nitrogens with zero attached hydrogens (tertiary/aromatic N) is 1. The molecule has 0 N–H and O–H groups in total. The van der Waals surface area contributed by atoms with E-state index in [0.29, 0.717) is 5.56 Å². The number of fused-ring (bicyclic) bond motifs is 1. The summed E-state index contributed by atoms with van der Waals surface area (Å²) in [5.41, 5.74) is 0.00159. The lowest BCUT2D eigenvalue weighted by molar-refractivity contribution is 0.0895. The summed E-state index contributed by atoms with van der Waals surface area (Å²) in [6, 6.07) is 7.24. The van der Waals surface area contributed by atoms with Gasteiger partial charge in [-0.2, -0.15) is 0 Å². The second-order valence-electron chi connectivity index (χ2n) is 6.99. The van der Waals surface area contributed by atoms with E-state index in [2.05, 4.69) is 0 Å². The Kier molecular flexibility index (Phi) is 2.82. The number of hydrogen-bond acceptors (Lipinski definition) is 4. The van der Waals surface area contributed by atoms with Crippen LogP contribution in [0.4, 0.5) is 0 Å². The number of carbonyl (C=O) groups is 1. The fourth-order valence-corrected chi connectivity index (χ4v) is 3.75. The molecular formula is C24H29NO3. The van der Waals surface area contributed by atoms with Crippen LogP contribution < -0.4 is 9.47 Å². The van der Waals surface area contributed by atoms with E-state index in [0.717, 1.165) is 0 Å². The fourth-order valence-electron chi connectivity index (χ4n) is 3.75. The van der Waals surface area contributed by atoms with E-state index in [1.54, 1.807) is 35.2 Å². The lowest BCUT2D eigenvalue weighted by Crippen LogP contribution is -2.34. The summed E-state index contributed by atoms with van der Waals surface area (Å²) in [6.07, 6.45) is -1.91. The van der Waals surface area contributed by atoms with Crippen molar-refractivity contribution in [1.29, 1.82) is 0 Å². The molecule has 1 aliphatic heterocycles. The van der Waals surface area contributed by atoms with Crippen molar-refractivity contribution in [2.45, 2.75) is 32.1 Å². The predicted octanol–water partition coefficient (Wildman–Crippen LogP) is 4.36. The van der Waals surface area contributed by atoms with Crippen molar-refractivity contribution < 1.29 is 30.7 Å². The maximum absolute atomic E-state index is 13.5. The highest BCUT2D eigenvalue weighted by atomic mass is 16.5. The van der Waals surface area contributed by atoms with Crippen LogP contribution in [0.25, 0.3) is 0 Å². The fraction of sp³-hybridized carbons (Fsp3) is 0.458. The van der Waals surface area contributed by atoms with Gasteiger partial charge in [-0.05, 0) is 67.9 Å². The third-order valence-electron chi connectivity index (χ3n) is 5.18. The Morgan fingerprint density at radius 3 is 2.57 bits per heavy atom. The molecule has 4 rings (SSSR count). The molecule has 0 aromatic heterocycles. The van der Waals surface area contributed by atoms with Crippen molar-refractivity contribution in [3.05, 3.63) is 59.1 Å². The van der Waals surface area contributed by atoms with E-state index in [4.69, 9.17) is 25.9 Å². The van der Waals surface area contributed by atoms with E-state index < -0.39 is 68.1 Å². The minimum absolute atomic E-state index is 0.0983. The molecule has 1 heterocycles. The summed E-state index contributed by atoms with van der Waals surface area (Å²) >= 11 is 0. The van der Waals surface area contributed by atoms with Gasteiger partial charge in [0.1, 0.15) is 0 Å². The van der Waals surface area contributed by atoms with Gasteiger partial charge in [-0.3, -0.25) is 9.69 Å². The summed E-state index contributed by atoms with van der Waals surface area (Å²) in [7, 11) is -6.25. The third kappa shape index (κ3) is 3.93. The van der Waals surface area contributed by atoms with Crippen LogP contribution in [0.1, 0.15) is 57.1 Å². The zero-order chi connectivity index (χ0) is 29.8. The Labute approximate surface area is 184 Å². The summed E-state index contributed by atoms with van der Waals surface area (Å²) in [5, 5.41) is 0. The zero-order valence-corrected chi connectivity index (χ0v) is 15.2. The number of ketones is 1. The first-order valence-electron chi connectivity index (χ1n) is 15.2. The van der Waals surface area contributed by atoms with Crippen molar-refractivity contribution in [1.82, 2.24) is 4.90 Å². The van der Waals surface area contributed by atoms with Crippen LogP contribution in [0, 0.1) is 11.8 Å². The van der Waals surface area contributed by atoms with Gasteiger partial charge in [0.15, 0.2) is 17.3 Å². The molecule has 4 heteroatoms. The number of methoxy groups -OCH3 is 2. The van der Waals surface area contributed by atoms with Crippen LogP contribution >= 0.6 is 0 Å². The number of rotatable bonds is 6. The second-order valence-corrected chi connectivity index (χ2v) is 6.99. The number of ether oxygens (including phenoxy) is 2. The monoisotopic (exact) mass is 391 g/mol. The summed E-state index contributed by atoms with van der Waals surface area (Å²) in [4.78, 5) is 15.1. The molecule has 148 valence electrons. The van der Waals surface area contributed by atoms with Crippen LogP contribution in [-0.4, -0.2) is 37.8 Å². The minimum atomic E-state index is -3.14. The standard InChI is InChI=1S/C24H29NO3/c1-27-22-14-19-13-20(24(26)21(19)15-23(22)28-2)12-17-8-10-25(11-9-17)16-18-6-4-3-5-7-18/h3-7,14-15,17,20H,8-13,16H2,1-2H3/i1D3,2D3,12D2,14D,15D,16D2. The molecular weight excluding hydrogens is 350 g/mol. The predicted molar refractivity (Wildman–Crippen MR) is 110 cm³/mol. The molecule has 0 spiro atoms. The first-order valence-corrected chi connectivity index (χ1v) is 9.23. The highest BCUT2D eigenvalue weighted by Crippen LogP contribution is 2.39. The van der Waals surface area contributed by atoms with Crippen LogP contribution in [-0.2, 0) is 12.9 Å². The third-order valence-corrected chi connectivity index (χ3v) is 5.18. The Bertz CT molecular complexity index is 1270. The first kappa shape index (κ1) is 9.45. The minimum Gasteiger partial charge on any atom is -0.493 e. The maximum atomic E-state index is 13.5. The van der Waals surface area contributed by atoms with Crippen LogP contribution in [0.3, 0.4) is 0 Å². The molecule has 0 saturated carbocycles. The van der Waals surface area contributed by atoms with Gasteiger partial charge in [-0.15, -0.1) is 0 Å². The summed E-state index contributed by atoms with van der Waals surface area (Å²) in [6.45, 7) is -1.29. The molecule has 2 aliphatic rings. The van der Waals surface area contributed by atoms with Crippen molar-refractivity contribution >= 4 is 5.78 Å². The molecule has 1 fully saturated rings. The van der Waals surface area contributed by atoms with Crippen LogP contribution in [0.15, 0.2) is 42.4 Å². The Balaban J connectivity index is 1.61. The van der Waals surface area contributed by atoms with Crippen LogP contribution in [0.2, 0.25) is 0 Å². The first-order chi connectivity index (χ1) is 18.3. The lowest BCUT2D eigenvalue weighted by atomic mass is 9.85. The number of likely N-dealkylation sites (tertiary alicyclic amines) is 1. The average Bonchev–Trinajstić information content (AvgIpc) is 3.22. The zero-order valence-electron chi connectivity index (χ0n) is 27.2. The van der Waals surface area contributed by atoms with E-state index >= 15 is 0 Å². The summed E-state index contributed by atoms with van der Waals surface area (Å²) < 4.78 is 106. The van der Waals surface area contributed by atoms with Gasteiger partial charge < -0.3 is 9.47 Å². The molecule has 2 aromatic carbocycles. The maximum Gasteiger partial charge on any atom is 0.166 e. The molecule has 4 nitrogen and oxygen atoms in total. The topological polar surface area (TPSA) is 38.8 Å². The SMILES string of the molecule is [2H]c1c2c(c([2H])c(OC([2H])([2H])[2H])c1OC([2H])([2H])[2H])C(=O)C(C([2H])([2H])C1CCN(C([2H])([2H])c3ccccc3)CC1)C2. The molecule has 1 unspecified atom stereocenters. The number of benzene rings is 2. The van der Waals surface area contributed by atoms with Gasteiger partial charge >= 0.3 is 0 Å². The molecule has 0 bridgehead atoms. The molecule has 1 saturated heterocycles. The van der Waals surface area contributed by atoms with E-state index in [1.807, 2.05) is 0 Å². The molecule has 2 aromatic rings. The molecule has 0 radical (unpaired) electrons. The van der Waals surface area contributed by atoms with Crippen molar-refractivity contribution in [2.24, 2.45) is 11.8 Å². The highest BCUT2D eigenvalue weighted by Gasteiger charge is 2.34. The average molecular weight is 392 g/mol. The normalized spacial score (nSPS) is 28.4. The van der Waals surface area contributed by atoms with Gasteiger partial charge in [0.05, 0.1) is 25.0 Å². The van der Waals surface area contributed by atoms with Gasteiger partial charge in [0, 0.05) is 23.5 Å².